The molecule has 36 heavy (non-hydrogen) atoms. The number of hydrogen-bond acceptors (Lipinski definition) is 5. The molecule has 0 bridgehead atoms. The van der Waals surface area contributed by atoms with E-state index in [1.807, 2.05) is 43.3 Å². The Morgan fingerprint density at radius 2 is 1.67 bits per heavy atom. The van der Waals surface area contributed by atoms with Gasteiger partial charge in [-0.05, 0) is 56.0 Å². The second kappa shape index (κ2) is 11.0. The summed E-state index contributed by atoms with van der Waals surface area (Å²) in [5, 5.41) is 3.10. The standard InChI is InChI=1S/C28H31N3O4S/c1-21-12-14-24(15-13-21)36(33,34)31-30-23-16-18-28(19-17-23,22-8-4-3-5-9-22)20-29-27(32)25-10-6-7-11-26(25)35-2/h3-16,30-31H,17-20H2,1-2H3,(H,29,32). The van der Waals surface area contributed by atoms with Crippen molar-refractivity contribution in [2.45, 2.75) is 36.5 Å². The number of ether oxygens (including phenoxy) is 1. The van der Waals surface area contributed by atoms with E-state index in [2.05, 4.69) is 27.7 Å². The van der Waals surface area contributed by atoms with Crippen molar-refractivity contribution in [3.05, 3.63) is 107 Å². The molecular weight excluding hydrogens is 474 g/mol. The molecule has 1 aliphatic rings. The first-order valence-electron chi connectivity index (χ1n) is 11.8. The highest BCUT2D eigenvalue weighted by Crippen LogP contribution is 2.38. The summed E-state index contributed by atoms with van der Waals surface area (Å²) in [6.45, 7) is 2.35. The predicted octanol–water partition coefficient (Wildman–Crippen LogP) is 4.22. The normalized spacial score (nSPS) is 17.7. The number of para-hydroxylation sites is 1. The van der Waals surface area contributed by atoms with E-state index in [1.54, 1.807) is 43.5 Å². The van der Waals surface area contributed by atoms with Gasteiger partial charge in [0.25, 0.3) is 15.9 Å². The third-order valence-electron chi connectivity index (χ3n) is 6.61. The summed E-state index contributed by atoms with van der Waals surface area (Å²) >= 11 is 0. The zero-order valence-corrected chi connectivity index (χ0v) is 21.3. The van der Waals surface area contributed by atoms with Gasteiger partial charge in [0.1, 0.15) is 5.75 Å². The van der Waals surface area contributed by atoms with E-state index in [-0.39, 0.29) is 16.2 Å². The molecular formula is C28H31N3O4S. The van der Waals surface area contributed by atoms with Crippen LogP contribution < -0.4 is 20.3 Å². The highest BCUT2D eigenvalue weighted by molar-refractivity contribution is 7.89. The zero-order chi connectivity index (χ0) is 25.6. The van der Waals surface area contributed by atoms with Crippen LogP contribution in [0.3, 0.4) is 0 Å². The molecule has 188 valence electrons. The Hall–Kier alpha value is -3.62. The lowest BCUT2D eigenvalue weighted by atomic mass is 9.71. The van der Waals surface area contributed by atoms with Crippen molar-refractivity contribution in [1.29, 1.82) is 0 Å². The van der Waals surface area contributed by atoms with E-state index in [0.717, 1.165) is 23.2 Å². The smallest absolute Gasteiger partial charge is 0.257 e. The van der Waals surface area contributed by atoms with Crippen molar-refractivity contribution in [3.8, 4) is 5.75 Å². The molecule has 1 amide bonds. The molecule has 7 nitrogen and oxygen atoms in total. The number of carbonyl (C=O) groups is 1. The van der Waals surface area contributed by atoms with Gasteiger partial charge in [-0.25, -0.2) is 8.42 Å². The van der Waals surface area contributed by atoms with E-state index >= 15 is 0 Å². The number of aryl methyl sites for hydroxylation is 1. The highest BCUT2D eigenvalue weighted by atomic mass is 32.2. The van der Waals surface area contributed by atoms with Crippen LogP contribution in [0.1, 0.15) is 40.7 Å². The minimum absolute atomic E-state index is 0.193. The first-order chi connectivity index (χ1) is 17.3. The Kier molecular flexibility index (Phi) is 7.76. The van der Waals surface area contributed by atoms with Gasteiger partial charge in [0, 0.05) is 17.7 Å². The molecule has 0 saturated carbocycles. The Morgan fingerprint density at radius 1 is 0.972 bits per heavy atom. The number of benzene rings is 3. The monoisotopic (exact) mass is 505 g/mol. The highest BCUT2D eigenvalue weighted by Gasteiger charge is 2.35. The van der Waals surface area contributed by atoms with Crippen LogP contribution in [0.15, 0.2) is 95.5 Å². The molecule has 3 aromatic carbocycles. The Bertz CT molecular complexity index is 1340. The maximum atomic E-state index is 13.0. The van der Waals surface area contributed by atoms with Crippen LogP contribution in [0.25, 0.3) is 0 Å². The number of methoxy groups -OCH3 is 1. The SMILES string of the molecule is COc1ccccc1C(=O)NCC1(c2ccccc2)CC=C(NNS(=O)(=O)c2ccc(C)cc2)CC1. The van der Waals surface area contributed by atoms with Crippen molar-refractivity contribution in [1.82, 2.24) is 15.6 Å². The van der Waals surface area contributed by atoms with Gasteiger partial charge in [0.2, 0.25) is 0 Å². The fourth-order valence-corrected chi connectivity index (χ4v) is 5.29. The van der Waals surface area contributed by atoms with Gasteiger partial charge in [-0.15, -0.1) is 4.83 Å². The van der Waals surface area contributed by atoms with Crippen molar-refractivity contribution in [2.75, 3.05) is 13.7 Å². The van der Waals surface area contributed by atoms with Gasteiger partial charge in [-0.2, -0.15) is 0 Å². The summed E-state index contributed by atoms with van der Waals surface area (Å²) in [5.74, 6) is 0.334. The molecule has 8 heteroatoms. The number of allylic oxidation sites excluding steroid dienone is 2. The molecule has 4 rings (SSSR count). The molecule has 0 radical (unpaired) electrons. The van der Waals surface area contributed by atoms with Crippen LogP contribution in [0.4, 0.5) is 0 Å². The van der Waals surface area contributed by atoms with E-state index in [1.165, 1.54) is 0 Å². The molecule has 3 aromatic rings. The molecule has 1 aliphatic carbocycles. The minimum Gasteiger partial charge on any atom is -0.496 e. The van der Waals surface area contributed by atoms with E-state index in [4.69, 9.17) is 4.74 Å². The Labute approximate surface area is 212 Å². The molecule has 3 N–H and O–H groups in total. The lowest BCUT2D eigenvalue weighted by molar-refractivity contribution is 0.0938. The maximum Gasteiger partial charge on any atom is 0.257 e. The molecule has 0 heterocycles. The molecule has 1 unspecified atom stereocenters. The average molecular weight is 506 g/mol. The van der Waals surface area contributed by atoms with Crippen LogP contribution >= 0.6 is 0 Å². The first-order valence-corrected chi connectivity index (χ1v) is 13.3. The van der Waals surface area contributed by atoms with Crippen molar-refractivity contribution in [3.63, 3.8) is 0 Å². The van der Waals surface area contributed by atoms with Gasteiger partial charge in [0.15, 0.2) is 0 Å². The lowest BCUT2D eigenvalue weighted by Crippen LogP contribution is -2.44. The number of nitrogens with one attached hydrogen (secondary N) is 3. The van der Waals surface area contributed by atoms with Crippen LogP contribution in [-0.4, -0.2) is 28.0 Å². The quantitative estimate of drug-likeness (QED) is 0.379. The molecule has 0 aromatic heterocycles. The van der Waals surface area contributed by atoms with Gasteiger partial charge in [-0.1, -0.05) is 66.2 Å². The summed E-state index contributed by atoms with van der Waals surface area (Å²) in [6.07, 6.45) is 3.99. The Morgan fingerprint density at radius 3 is 2.33 bits per heavy atom. The topological polar surface area (TPSA) is 96.5 Å². The summed E-state index contributed by atoms with van der Waals surface area (Å²) in [4.78, 5) is 15.7. The molecule has 0 spiro atoms. The first kappa shape index (κ1) is 25.5. The number of rotatable bonds is 9. The predicted molar refractivity (Wildman–Crippen MR) is 140 cm³/mol. The fraction of sp³-hybridized carbons (Fsp3) is 0.250. The maximum absolute atomic E-state index is 13.0. The van der Waals surface area contributed by atoms with E-state index < -0.39 is 10.0 Å². The Balaban J connectivity index is 1.47. The van der Waals surface area contributed by atoms with Gasteiger partial charge in [0.05, 0.1) is 17.6 Å². The van der Waals surface area contributed by atoms with Crippen molar-refractivity contribution in [2.24, 2.45) is 0 Å². The van der Waals surface area contributed by atoms with Crippen LogP contribution in [0, 0.1) is 6.92 Å². The number of hydrogen-bond donors (Lipinski definition) is 3. The third kappa shape index (κ3) is 5.78. The number of sulfonamides is 1. The minimum atomic E-state index is -3.69. The number of carbonyl (C=O) groups excluding carboxylic acids is 1. The molecule has 0 aliphatic heterocycles. The van der Waals surface area contributed by atoms with Gasteiger partial charge >= 0.3 is 0 Å². The van der Waals surface area contributed by atoms with Crippen LogP contribution in [0.2, 0.25) is 0 Å². The summed E-state index contributed by atoms with van der Waals surface area (Å²) in [6, 6.07) is 23.9. The summed E-state index contributed by atoms with van der Waals surface area (Å²) in [5.41, 5.74) is 5.98. The third-order valence-corrected chi connectivity index (χ3v) is 7.88. The second-order valence-corrected chi connectivity index (χ2v) is 10.7. The van der Waals surface area contributed by atoms with E-state index in [9.17, 15) is 13.2 Å². The zero-order valence-electron chi connectivity index (χ0n) is 20.5. The molecule has 0 saturated heterocycles. The van der Waals surface area contributed by atoms with Crippen molar-refractivity contribution >= 4 is 15.9 Å². The lowest BCUT2D eigenvalue weighted by Gasteiger charge is -2.37. The summed E-state index contributed by atoms with van der Waals surface area (Å²) in [7, 11) is -2.14. The van der Waals surface area contributed by atoms with Gasteiger partial charge < -0.3 is 15.5 Å². The summed E-state index contributed by atoms with van der Waals surface area (Å²) < 4.78 is 30.6. The largest absolute Gasteiger partial charge is 0.496 e. The molecule has 0 fully saturated rings. The van der Waals surface area contributed by atoms with Crippen LogP contribution in [0.5, 0.6) is 5.75 Å². The van der Waals surface area contributed by atoms with Crippen LogP contribution in [-0.2, 0) is 15.4 Å². The second-order valence-electron chi connectivity index (χ2n) is 9.01. The fourth-order valence-electron chi connectivity index (χ4n) is 4.41. The van der Waals surface area contributed by atoms with Gasteiger partial charge in [-0.3, -0.25) is 4.79 Å². The number of amides is 1. The molecule has 1 atom stereocenters. The average Bonchev–Trinajstić information content (AvgIpc) is 2.92. The van der Waals surface area contributed by atoms with E-state index in [0.29, 0.717) is 30.7 Å². The number of hydrazine groups is 1. The van der Waals surface area contributed by atoms with Crippen molar-refractivity contribution < 1.29 is 17.9 Å².